The minimum Gasteiger partial charge on any atom is -0.476 e. The Kier molecular flexibility index (Phi) is 2.62. The third-order valence-electron chi connectivity index (χ3n) is 3.66. The van der Waals surface area contributed by atoms with Crippen molar-refractivity contribution in [2.75, 3.05) is 0 Å². The Labute approximate surface area is 123 Å². The molecule has 2 aromatic heterocycles. The smallest absolute Gasteiger partial charge is 0.356 e. The molecule has 1 aromatic carbocycles. The monoisotopic (exact) mass is 302 g/mol. The number of aromatic carboxylic acids is 1. The van der Waals surface area contributed by atoms with Crippen LogP contribution in [0.15, 0.2) is 30.5 Å². The van der Waals surface area contributed by atoms with E-state index in [1.807, 2.05) is 4.40 Å². The van der Waals surface area contributed by atoms with Crippen molar-refractivity contribution in [3.63, 3.8) is 0 Å². The van der Waals surface area contributed by atoms with Gasteiger partial charge in [0.25, 0.3) is 0 Å². The highest BCUT2D eigenvalue weighted by molar-refractivity contribution is 7.20. The van der Waals surface area contributed by atoms with Crippen LogP contribution in [0.3, 0.4) is 0 Å². The van der Waals surface area contributed by atoms with Gasteiger partial charge in [0.2, 0.25) is 0 Å². The lowest BCUT2D eigenvalue weighted by molar-refractivity contribution is 0.0691. The maximum absolute atomic E-state index is 14.1. The number of fused-ring (bicyclic) bond motifs is 1. The normalized spacial score (nSPS) is 14.7. The van der Waals surface area contributed by atoms with Crippen LogP contribution in [0.5, 0.6) is 0 Å². The van der Waals surface area contributed by atoms with Crippen molar-refractivity contribution >= 4 is 22.3 Å². The molecular formula is C15H11FN2O2S. The van der Waals surface area contributed by atoms with E-state index in [4.69, 9.17) is 5.11 Å². The van der Waals surface area contributed by atoms with Crippen LogP contribution in [0.2, 0.25) is 0 Å². The van der Waals surface area contributed by atoms with Crippen molar-refractivity contribution in [3.8, 4) is 10.4 Å². The molecular weight excluding hydrogens is 291 g/mol. The van der Waals surface area contributed by atoms with Crippen molar-refractivity contribution < 1.29 is 14.3 Å². The first-order valence-corrected chi connectivity index (χ1v) is 7.47. The number of halogens is 1. The van der Waals surface area contributed by atoms with Gasteiger partial charge in [0.15, 0.2) is 10.7 Å². The topological polar surface area (TPSA) is 54.6 Å². The molecule has 0 radical (unpaired) electrons. The Bertz CT molecular complexity index is 864. The molecule has 0 spiro atoms. The zero-order valence-corrected chi connectivity index (χ0v) is 11.7. The molecule has 4 nitrogen and oxygen atoms in total. The number of thiazole rings is 1. The fourth-order valence-electron chi connectivity index (χ4n) is 2.54. The van der Waals surface area contributed by atoms with E-state index in [1.165, 1.54) is 23.6 Å². The summed E-state index contributed by atoms with van der Waals surface area (Å²) in [7, 11) is 0. The SMILES string of the molecule is O=C(O)c1cn2c(C3CC3)c(-c3ccccc3F)sc2n1. The molecule has 0 bridgehead atoms. The lowest BCUT2D eigenvalue weighted by atomic mass is 10.1. The number of carboxylic acid groups (broad SMARTS) is 1. The quantitative estimate of drug-likeness (QED) is 0.801. The average Bonchev–Trinajstić information content (AvgIpc) is 3.09. The van der Waals surface area contributed by atoms with Crippen molar-refractivity contribution in [3.05, 3.63) is 47.7 Å². The molecule has 1 N–H and O–H groups in total. The molecule has 4 rings (SSSR count). The predicted octanol–water partition coefficient (Wildman–Crippen LogP) is 3.78. The maximum atomic E-state index is 14.1. The zero-order chi connectivity index (χ0) is 14.6. The second kappa shape index (κ2) is 4.39. The van der Waals surface area contributed by atoms with Gasteiger partial charge in [0.1, 0.15) is 5.82 Å². The summed E-state index contributed by atoms with van der Waals surface area (Å²) in [5, 5.41) is 9.05. The molecule has 6 heteroatoms. The summed E-state index contributed by atoms with van der Waals surface area (Å²) < 4.78 is 15.9. The van der Waals surface area contributed by atoms with E-state index in [0.717, 1.165) is 23.4 Å². The van der Waals surface area contributed by atoms with Crippen LogP contribution in [0.4, 0.5) is 4.39 Å². The Morgan fingerprint density at radius 1 is 1.38 bits per heavy atom. The van der Waals surface area contributed by atoms with E-state index < -0.39 is 5.97 Å². The molecule has 0 unspecified atom stereocenters. The van der Waals surface area contributed by atoms with Gasteiger partial charge in [-0.2, -0.15) is 0 Å². The van der Waals surface area contributed by atoms with E-state index >= 15 is 0 Å². The Morgan fingerprint density at radius 2 is 2.14 bits per heavy atom. The van der Waals surface area contributed by atoms with E-state index in [9.17, 15) is 9.18 Å². The van der Waals surface area contributed by atoms with Crippen LogP contribution in [0.25, 0.3) is 15.4 Å². The summed E-state index contributed by atoms with van der Waals surface area (Å²) in [5.74, 6) is -0.938. The second-order valence-electron chi connectivity index (χ2n) is 5.15. The van der Waals surface area contributed by atoms with Crippen LogP contribution < -0.4 is 0 Å². The Balaban J connectivity index is 1.97. The third-order valence-corrected chi connectivity index (χ3v) is 4.76. The number of hydrogen-bond acceptors (Lipinski definition) is 3. The van der Waals surface area contributed by atoms with Crippen LogP contribution in [-0.4, -0.2) is 20.5 Å². The second-order valence-corrected chi connectivity index (χ2v) is 6.13. The number of rotatable bonds is 3. The highest BCUT2D eigenvalue weighted by Crippen LogP contribution is 2.48. The van der Waals surface area contributed by atoms with Crippen molar-refractivity contribution in [1.82, 2.24) is 9.38 Å². The summed E-state index contributed by atoms with van der Waals surface area (Å²) in [6, 6.07) is 6.67. The highest BCUT2D eigenvalue weighted by Gasteiger charge is 2.32. The molecule has 1 aliphatic carbocycles. The summed E-state index contributed by atoms with van der Waals surface area (Å²) in [6.07, 6.45) is 3.63. The summed E-state index contributed by atoms with van der Waals surface area (Å²) >= 11 is 1.35. The average molecular weight is 302 g/mol. The maximum Gasteiger partial charge on any atom is 0.356 e. The highest BCUT2D eigenvalue weighted by atomic mass is 32.1. The lowest BCUT2D eigenvalue weighted by Gasteiger charge is -2.04. The summed E-state index contributed by atoms with van der Waals surface area (Å²) in [4.78, 5) is 16.6. The molecule has 0 saturated heterocycles. The van der Waals surface area contributed by atoms with Gasteiger partial charge in [-0.15, -0.1) is 0 Å². The first-order valence-electron chi connectivity index (χ1n) is 6.65. The number of nitrogens with zero attached hydrogens (tertiary/aromatic N) is 2. The number of aromatic nitrogens is 2. The molecule has 21 heavy (non-hydrogen) atoms. The van der Waals surface area contributed by atoms with E-state index in [-0.39, 0.29) is 11.5 Å². The number of carbonyl (C=O) groups is 1. The van der Waals surface area contributed by atoms with Gasteiger partial charge in [-0.25, -0.2) is 14.2 Å². The summed E-state index contributed by atoms with van der Waals surface area (Å²) in [5.41, 5.74) is 1.58. The van der Waals surface area contributed by atoms with Crippen molar-refractivity contribution in [2.24, 2.45) is 0 Å². The van der Waals surface area contributed by atoms with E-state index in [2.05, 4.69) is 4.98 Å². The molecule has 0 atom stereocenters. The van der Waals surface area contributed by atoms with Gasteiger partial charge in [-0.05, 0) is 18.9 Å². The van der Waals surface area contributed by atoms with Crippen LogP contribution in [0, 0.1) is 5.82 Å². The summed E-state index contributed by atoms with van der Waals surface area (Å²) in [6.45, 7) is 0. The van der Waals surface area contributed by atoms with Gasteiger partial charge in [0.05, 0.1) is 4.88 Å². The Morgan fingerprint density at radius 3 is 2.81 bits per heavy atom. The van der Waals surface area contributed by atoms with Gasteiger partial charge in [0, 0.05) is 23.4 Å². The minimum absolute atomic E-state index is 0.0308. The fraction of sp³-hybridized carbons (Fsp3) is 0.200. The largest absolute Gasteiger partial charge is 0.476 e. The number of benzene rings is 1. The Hall–Kier alpha value is -2.21. The fourth-order valence-corrected chi connectivity index (χ4v) is 3.76. The zero-order valence-electron chi connectivity index (χ0n) is 10.9. The van der Waals surface area contributed by atoms with Gasteiger partial charge >= 0.3 is 5.97 Å². The first-order chi connectivity index (χ1) is 10.1. The van der Waals surface area contributed by atoms with Gasteiger partial charge in [-0.3, -0.25) is 4.40 Å². The molecule has 1 aliphatic rings. The first kappa shape index (κ1) is 12.5. The molecule has 1 fully saturated rings. The molecule has 3 aromatic rings. The standard InChI is InChI=1S/C15H11FN2O2S/c16-10-4-2-1-3-9(10)13-12(8-5-6-8)18-7-11(14(19)20)17-15(18)21-13/h1-4,7-8H,5-6H2,(H,19,20). The third kappa shape index (κ3) is 1.94. The molecule has 106 valence electrons. The molecule has 2 heterocycles. The molecule has 0 aliphatic heterocycles. The molecule has 1 saturated carbocycles. The number of imidazole rings is 1. The predicted molar refractivity (Wildman–Crippen MR) is 77.4 cm³/mol. The van der Waals surface area contributed by atoms with Crippen LogP contribution in [-0.2, 0) is 0 Å². The van der Waals surface area contributed by atoms with Gasteiger partial charge in [-0.1, -0.05) is 29.5 Å². The molecule has 0 amide bonds. The number of hydrogen-bond donors (Lipinski definition) is 1. The van der Waals surface area contributed by atoms with Crippen LogP contribution in [0.1, 0.15) is 34.9 Å². The van der Waals surface area contributed by atoms with Gasteiger partial charge < -0.3 is 5.11 Å². The van der Waals surface area contributed by atoms with E-state index in [0.29, 0.717) is 16.4 Å². The number of carboxylic acids is 1. The lowest BCUT2D eigenvalue weighted by Crippen LogP contribution is -1.96. The van der Waals surface area contributed by atoms with Crippen molar-refractivity contribution in [2.45, 2.75) is 18.8 Å². The van der Waals surface area contributed by atoms with Crippen molar-refractivity contribution in [1.29, 1.82) is 0 Å². The minimum atomic E-state index is -1.04. The van der Waals surface area contributed by atoms with E-state index in [1.54, 1.807) is 18.2 Å². The van der Waals surface area contributed by atoms with Crippen LogP contribution >= 0.6 is 11.3 Å².